The predicted molar refractivity (Wildman–Crippen MR) is 291 cm³/mol. The van der Waals surface area contributed by atoms with Crippen molar-refractivity contribution in [2.45, 2.75) is 45.4 Å². The number of thiophene rings is 1. The normalized spacial score (nSPS) is 13.4. The number of fused-ring (bicyclic) bond motifs is 7. The highest BCUT2D eigenvalue weighted by atomic mass is 32.1. The van der Waals surface area contributed by atoms with Gasteiger partial charge in [-0.1, -0.05) is 186 Å². The third-order valence-corrected chi connectivity index (χ3v) is 15.4. The fourth-order valence-electron chi connectivity index (χ4n) is 10.7. The van der Waals surface area contributed by atoms with E-state index in [1.807, 2.05) is 11.3 Å². The maximum atomic E-state index is 4.03. The van der Waals surface area contributed by atoms with Gasteiger partial charge in [-0.3, -0.25) is 0 Å². The van der Waals surface area contributed by atoms with Gasteiger partial charge in [0.05, 0.1) is 11.4 Å². The van der Waals surface area contributed by atoms with Crippen LogP contribution in [0.2, 0.25) is 0 Å². The Bertz CT molecular complexity index is 3510. The Morgan fingerprint density at radius 1 is 0.478 bits per heavy atom. The first-order chi connectivity index (χ1) is 32.6. The molecule has 1 aromatic heterocycles. The van der Waals surface area contributed by atoms with Gasteiger partial charge in [0.15, 0.2) is 0 Å². The van der Waals surface area contributed by atoms with Crippen LogP contribution in [-0.2, 0) is 10.8 Å². The third-order valence-electron chi connectivity index (χ3n) is 14.2. The minimum absolute atomic E-state index is 0.0260. The molecule has 0 fully saturated rings. The minimum Gasteiger partial charge on any atom is -0.355 e. The molecule has 0 atom stereocenters. The van der Waals surface area contributed by atoms with Gasteiger partial charge < -0.3 is 10.2 Å². The molecule has 0 amide bonds. The molecule has 0 radical (unpaired) electrons. The van der Waals surface area contributed by atoms with Gasteiger partial charge in [-0.25, -0.2) is 0 Å². The van der Waals surface area contributed by atoms with Crippen molar-refractivity contribution in [3.8, 4) is 55.6 Å². The second-order valence-electron chi connectivity index (χ2n) is 19.8. The molecule has 0 saturated carbocycles. The van der Waals surface area contributed by atoms with Crippen LogP contribution in [0.15, 0.2) is 206 Å². The summed E-state index contributed by atoms with van der Waals surface area (Å²) in [6.45, 7) is 11.7. The summed E-state index contributed by atoms with van der Waals surface area (Å²) in [5.74, 6) is 0. The zero-order valence-electron chi connectivity index (χ0n) is 38.7. The van der Waals surface area contributed by atoms with Gasteiger partial charge in [0.2, 0.25) is 7.28 Å². The molecular formula is C63H51BN2S. The molecule has 9 aromatic carbocycles. The lowest BCUT2D eigenvalue weighted by Gasteiger charge is -2.36. The Hall–Kier alpha value is -7.40. The molecule has 0 saturated heterocycles. The lowest BCUT2D eigenvalue weighted by Crippen LogP contribution is -2.39. The molecule has 1 aliphatic heterocycles. The molecule has 0 spiro atoms. The van der Waals surface area contributed by atoms with E-state index in [0.29, 0.717) is 0 Å². The van der Waals surface area contributed by atoms with Crippen molar-refractivity contribution in [1.29, 1.82) is 0 Å². The molecule has 67 heavy (non-hydrogen) atoms. The summed E-state index contributed by atoms with van der Waals surface area (Å²) in [6, 6.07) is 76.6. The van der Waals surface area contributed by atoms with E-state index in [1.54, 1.807) is 0 Å². The molecule has 2 heterocycles. The van der Waals surface area contributed by atoms with Gasteiger partial charge in [-0.05, 0) is 131 Å². The maximum Gasteiger partial charge on any atom is 0.211 e. The highest BCUT2D eigenvalue weighted by Crippen LogP contribution is 2.53. The van der Waals surface area contributed by atoms with Crippen LogP contribution in [0.5, 0.6) is 0 Å². The summed E-state index contributed by atoms with van der Waals surface area (Å²) in [5, 5.41) is 5.32. The van der Waals surface area contributed by atoms with Crippen molar-refractivity contribution in [2.24, 2.45) is 0 Å². The standard InChI is InChI=1S/C63H51BN2S/c1-62(2,3)45-31-34-56(49(37-45)43-23-13-8-14-24-43)66-57-36-44(41-21-11-7-12-22-41)35-52(59(57)64-61-60(66)48-26-16-18-28-58(48)67-61)51-38-50-47-25-15-17-27-53(47)63(4,5)54(50)39-55(51)65-46-32-29-42(30-33-46)40-19-9-6-10-20-40/h6-39,64-65H,1-5H3. The third kappa shape index (κ3) is 7.02. The van der Waals surface area contributed by atoms with E-state index in [4.69, 9.17) is 0 Å². The summed E-state index contributed by atoms with van der Waals surface area (Å²) < 4.78 is 2.68. The van der Waals surface area contributed by atoms with Crippen molar-refractivity contribution in [3.05, 3.63) is 223 Å². The fraction of sp³-hybridized carbons (Fsp3) is 0.111. The van der Waals surface area contributed by atoms with E-state index in [2.05, 4.69) is 251 Å². The summed E-state index contributed by atoms with van der Waals surface area (Å²) >= 11 is 1.93. The number of hydrogen-bond donors (Lipinski definition) is 1. The van der Waals surface area contributed by atoms with Crippen molar-refractivity contribution < 1.29 is 0 Å². The first kappa shape index (κ1) is 41.1. The first-order valence-electron chi connectivity index (χ1n) is 23.5. The van der Waals surface area contributed by atoms with E-state index >= 15 is 0 Å². The molecule has 10 aromatic rings. The smallest absolute Gasteiger partial charge is 0.211 e. The van der Waals surface area contributed by atoms with E-state index in [9.17, 15) is 0 Å². The van der Waals surface area contributed by atoms with Crippen molar-refractivity contribution in [1.82, 2.24) is 0 Å². The Balaban J connectivity index is 1.15. The number of rotatable bonds is 7. The average molecular weight is 879 g/mol. The Morgan fingerprint density at radius 2 is 1.10 bits per heavy atom. The summed E-state index contributed by atoms with van der Waals surface area (Å²) in [5.41, 5.74) is 23.3. The molecule has 12 rings (SSSR count). The van der Waals surface area contributed by atoms with E-state index in [-0.39, 0.29) is 10.8 Å². The zero-order chi connectivity index (χ0) is 45.4. The van der Waals surface area contributed by atoms with Crippen LogP contribution >= 0.6 is 11.3 Å². The maximum absolute atomic E-state index is 4.03. The quantitative estimate of drug-likeness (QED) is 0.161. The van der Waals surface area contributed by atoms with Crippen LogP contribution in [0.3, 0.4) is 0 Å². The van der Waals surface area contributed by atoms with Crippen LogP contribution in [0.4, 0.5) is 28.4 Å². The predicted octanol–water partition coefficient (Wildman–Crippen LogP) is 16.1. The zero-order valence-corrected chi connectivity index (χ0v) is 39.5. The molecule has 0 unspecified atom stereocenters. The van der Waals surface area contributed by atoms with Gasteiger partial charge in [0, 0.05) is 43.7 Å². The molecule has 2 nitrogen and oxygen atoms in total. The highest BCUT2D eigenvalue weighted by molar-refractivity contribution is 7.29. The fourth-order valence-corrected chi connectivity index (χ4v) is 11.9. The topological polar surface area (TPSA) is 15.3 Å². The average Bonchev–Trinajstić information content (AvgIpc) is 3.84. The molecule has 1 N–H and O–H groups in total. The van der Waals surface area contributed by atoms with Gasteiger partial charge in [-0.15, -0.1) is 11.3 Å². The highest BCUT2D eigenvalue weighted by Gasteiger charge is 2.38. The van der Waals surface area contributed by atoms with Gasteiger partial charge in [0.1, 0.15) is 0 Å². The lowest BCUT2D eigenvalue weighted by atomic mass is 9.61. The van der Waals surface area contributed by atoms with Crippen LogP contribution < -0.4 is 20.5 Å². The van der Waals surface area contributed by atoms with Crippen molar-refractivity contribution in [3.63, 3.8) is 0 Å². The number of anilines is 5. The van der Waals surface area contributed by atoms with Crippen molar-refractivity contribution >= 4 is 67.4 Å². The molecule has 322 valence electrons. The monoisotopic (exact) mass is 878 g/mol. The summed E-state index contributed by atoms with van der Waals surface area (Å²) in [7, 11) is 0.816. The van der Waals surface area contributed by atoms with Gasteiger partial charge >= 0.3 is 0 Å². The Morgan fingerprint density at radius 3 is 1.82 bits per heavy atom. The summed E-state index contributed by atoms with van der Waals surface area (Å²) in [4.78, 5) is 2.62. The van der Waals surface area contributed by atoms with Crippen LogP contribution in [-0.4, -0.2) is 7.28 Å². The van der Waals surface area contributed by atoms with Crippen molar-refractivity contribution in [2.75, 3.05) is 10.2 Å². The Labute approximate surface area is 399 Å². The number of nitrogens with zero attached hydrogens (tertiary/aromatic N) is 1. The Kier molecular flexibility index (Phi) is 9.74. The van der Waals surface area contributed by atoms with Crippen LogP contribution in [0.25, 0.3) is 65.7 Å². The first-order valence-corrected chi connectivity index (χ1v) is 24.4. The number of nitrogens with one attached hydrogen (secondary N) is 1. The van der Waals surface area contributed by atoms with E-state index in [0.717, 1.165) is 18.7 Å². The minimum atomic E-state index is -0.167. The lowest BCUT2D eigenvalue weighted by molar-refractivity contribution is 0.590. The molecule has 4 heteroatoms. The number of hydrogen-bond acceptors (Lipinski definition) is 3. The largest absolute Gasteiger partial charge is 0.355 e. The molecule has 0 bridgehead atoms. The number of benzene rings is 9. The summed E-state index contributed by atoms with van der Waals surface area (Å²) in [6.07, 6.45) is 0. The second kappa shape index (κ2) is 15.9. The SMILES string of the molecule is CC(C)(C)c1ccc(N2c3cc(-c4ccccc4)cc(-c4cc5c(cc4Nc4ccc(-c6ccccc6)cc4)C(C)(C)c4ccccc4-5)c3Bc3sc4ccccc4c32)c(-c2ccccc2)c1. The van der Waals surface area contributed by atoms with Gasteiger partial charge in [-0.2, -0.15) is 0 Å². The molecule has 2 aliphatic rings. The molecule has 1 aliphatic carbocycles. The van der Waals surface area contributed by atoms with Gasteiger partial charge in [0.25, 0.3) is 0 Å². The second-order valence-corrected chi connectivity index (χ2v) is 20.9. The van der Waals surface area contributed by atoms with E-state index in [1.165, 1.54) is 110 Å². The van der Waals surface area contributed by atoms with Crippen LogP contribution in [0.1, 0.15) is 51.3 Å². The van der Waals surface area contributed by atoms with Crippen LogP contribution in [0, 0.1) is 0 Å². The molecular weight excluding hydrogens is 828 g/mol. The van der Waals surface area contributed by atoms with E-state index < -0.39 is 0 Å².